The normalized spacial score (nSPS) is 29.5. The van der Waals surface area contributed by atoms with Gasteiger partial charge in [-0.25, -0.2) is 10.2 Å². The number of nitrogens with zero attached hydrogens (tertiary/aromatic N) is 1. The number of hydrazone groups is 1. The number of amides is 2. The van der Waals surface area contributed by atoms with Gasteiger partial charge in [0.2, 0.25) is 0 Å². The zero-order valence-corrected chi connectivity index (χ0v) is 9.79. The van der Waals surface area contributed by atoms with Gasteiger partial charge in [-0.1, -0.05) is 20.8 Å². The van der Waals surface area contributed by atoms with E-state index in [-0.39, 0.29) is 0 Å². The quantitative estimate of drug-likeness (QED) is 0.675. The third-order valence-corrected chi connectivity index (χ3v) is 3.07. The summed E-state index contributed by atoms with van der Waals surface area (Å²) in [4.78, 5) is 10.6. The molecule has 0 aromatic heterocycles. The third-order valence-electron chi connectivity index (χ3n) is 3.07. The van der Waals surface area contributed by atoms with Crippen molar-refractivity contribution < 1.29 is 4.79 Å². The second-order valence-corrected chi connectivity index (χ2v) is 4.82. The minimum Gasteiger partial charge on any atom is -0.350 e. The molecule has 0 unspecified atom stereocenters. The van der Waals surface area contributed by atoms with Crippen molar-refractivity contribution in [1.29, 1.82) is 0 Å². The average Bonchev–Trinajstić information content (AvgIpc) is 2.14. The summed E-state index contributed by atoms with van der Waals surface area (Å²) >= 11 is 0. The fraction of sp³-hybridized carbons (Fsp3) is 0.818. The van der Waals surface area contributed by atoms with Gasteiger partial charge in [-0.3, -0.25) is 0 Å². The van der Waals surface area contributed by atoms with Crippen molar-refractivity contribution in [3.8, 4) is 0 Å². The van der Waals surface area contributed by atoms with Crippen LogP contribution < -0.4 is 11.2 Å². The number of rotatable bonds is 2. The zero-order valence-electron chi connectivity index (χ0n) is 9.79. The third kappa shape index (κ3) is 3.53. The highest BCUT2D eigenvalue weighted by molar-refractivity contribution is 5.88. The molecule has 0 spiro atoms. The maximum Gasteiger partial charge on any atom is 0.332 e. The summed E-state index contributed by atoms with van der Waals surface area (Å²) in [5.74, 6) is 1.73. The van der Waals surface area contributed by atoms with Crippen LogP contribution in [0.4, 0.5) is 4.79 Å². The van der Waals surface area contributed by atoms with Crippen LogP contribution in [-0.2, 0) is 0 Å². The number of carbonyl (C=O) groups is 1. The molecule has 1 aliphatic rings. The largest absolute Gasteiger partial charge is 0.350 e. The number of hydrogen-bond acceptors (Lipinski definition) is 2. The summed E-state index contributed by atoms with van der Waals surface area (Å²) in [6.07, 6.45) is 3.39. The van der Waals surface area contributed by atoms with E-state index in [1.54, 1.807) is 0 Å². The predicted molar refractivity (Wildman–Crippen MR) is 61.5 cm³/mol. The fourth-order valence-electron chi connectivity index (χ4n) is 2.21. The van der Waals surface area contributed by atoms with E-state index in [0.29, 0.717) is 17.8 Å². The molecule has 0 bridgehead atoms. The summed E-state index contributed by atoms with van der Waals surface area (Å²) in [5.41, 5.74) is 8.46. The van der Waals surface area contributed by atoms with Gasteiger partial charge in [0.05, 0.1) is 0 Å². The molecule has 0 radical (unpaired) electrons. The first-order valence-corrected chi connectivity index (χ1v) is 5.62. The van der Waals surface area contributed by atoms with Gasteiger partial charge in [0.15, 0.2) is 0 Å². The van der Waals surface area contributed by atoms with Crippen LogP contribution >= 0.6 is 0 Å². The van der Waals surface area contributed by atoms with Crippen LogP contribution in [0.2, 0.25) is 0 Å². The van der Waals surface area contributed by atoms with E-state index in [2.05, 4.69) is 31.3 Å². The van der Waals surface area contributed by atoms with E-state index < -0.39 is 6.03 Å². The van der Waals surface area contributed by atoms with E-state index in [1.807, 2.05) is 0 Å². The van der Waals surface area contributed by atoms with Gasteiger partial charge >= 0.3 is 6.03 Å². The van der Waals surface area contributed by atoms with Crippen LogP contribution in [0.5, 0.6) is 0 Å². The van der Waals surface area contributed by atoms with Crippen molar-refractivity contribution in [2.24, 2.45) is 28.6 Å². The molecule has 1 fully saturated rings. The van der Waals surface area contributed by atoms with Crippen molar-refractivity contribution in [3.63, 3.8) is 0 Å². The molecule has 0 aromatic carbocycles. The van der Waals surface area contributed by atoms with Gasteiger partial charge in [-0.15, -0.1) is 0 Å². The van der Waals surface area contributed by atoms with Crippen molar-refractivity contribution in [2.75, 3.05) is 0 Å². The summed E-state index contributed by atoms with van der Waals surface area (Å²) < 4.78 is 0. The first kappa shape index (κ1) is 12.0. The fourth-order valence-corrected chi connectivity index (χ4v) is 2.21. The van der Waals surface area contributed by atoms with Crippen molar-refractivity contribution >= 4 is 11.7 Å². The smallest absolute Gasteiger partial charge is 0.332 e. The lowest BCUT2D eigenvalue weighted by Gasteiger charge is -2.30. The van der Waals surface area contributed by atoms with Crippen LogP contribution in [0.3, 0.4) is 0 Å². The minimum atomic E-state index is -0.580. The molecule has 86 valence electrons. The summed E-state index contributed by atoms with van der Waals surface area (Å²) in [6, 6.07) is -0.580. The predicted octanol–water partition coefficient (Wildman–Crippen LogP) is 2.10. The highest BCUT2D eigenvalue weighted by Gasteiger charge is 2.27. The molecule has 1 saturated carbocycles. The molecule has 0 saturated heterocycles. The van der Waals surface area contributed by atoms with E-state index in [0.717, 1.165) is 18.6 Å². The maximum atomic E-state index is 10.6. The molecule has 2 amide bonds. The molecule has 0 aromatic rings. The lowest BCUT2D eigenvalue weighted by Crippen LogP contribution is -2.32. The van der Waals surface area contributed by atoms with Crippen LogP contribution in [0, 0.1) is 17.8 Å². The van der Waals surface area contributed by atoms with Gasteiger partial charge in [0.1, 0.15) is 0 Å². The van der Waals surface area contributed by atoms with Gasteiger partial charge in [-0.2, -0.15) is 5.10 Å². The van der Waals surface area contributed by atoms with Crippen molar-refractivity contribution in [1.82, 2.24) is 5.43 Å². The van der Waals surface area contributed by atoms with Crippen LogP contribution in [0.25, 0.3) is 0 Å². The monoisotopic (exact) mass is 211 g/mol. The molecule has 0 aliphatic heterocycles. The Morgan fingerprint density at radius 1 is 1.53 bits per heavy atom. The van der Waals surface area contributed by atoms with Crippen molar-refractivity contribution in [3.05, 3.63) is 0 Å². The Balaban J connectivity index is 2.69. The van der Waals surface area contributed by atoms with Crippen LogP contribution in [0.1, 0.15) is 40.0 Å². The van der Waals surface area contributed by atoms with Gasteiger partial charge in [-0.05, 0) is 31.1 Å². The topological polar surface area (TPSA) is 67.5 Å². The van der Waals surface area contributed by atoms with E-state index in [9.17, 15) is 4.79 Å². The van der Waals surface area contributed by atoms with E-state index in [1.165, 1.54) is 6.42 Å². The Morgan fingerprint density at radius 3 is 2.73 bits per heavy atom. The van der Waals surface area contributed by atoms with Gasteiger partial charge in [0.25, 0.3) is 0 Å². The van der Waals surface area contributed by atoms with E-state index in [4.69, 9.17) is 5.73 Å². The molecule has 4 heteroatoms. The Morgan fingerprint density at radius 2 is 2.20 bits per heavy atom. The Hall–Kier alpha value is -1.06. The molecule has 1 rings (SSSR count). The molecule has 1 aliphatic carbocycles. The first-order valence-electron chi connectivity index (χ1n) is 5.62. The van der Waals surface area contributed by atoms with Gasteiger partial charge < -0.3 is 5.73 Å². The number of hydrogen-bond donors (Lipinski definition) is 2. The number of nitrogens with two attached hydrogens (primary N) is 1. The second kappa shape index (κ2) is 5.14. The standard InChI is InChI=1S/C11H21N3O/c1-7(2)9-5-4-8(3)6-10(9)13-14-11(12)15/h7-9H,4-6H2,1-3H3,(H3,12,14,15)/t8-,9-/m1/s1. The Labute approximate surface area is 91.3 Å². The molecular weight excluding hydrogens is 190 g/mol. The Kier molecular flexibility index (Phi) is 4.12. The number of urea groups is 1. The van der Waals surface area contributed by atoms with E-state index >= 15 is 0 Å². The average molecular weight is 211 g/mol. The molecular formula is C11H21N3O. The highest BCUT2D eigenvalue weighted by Crippen LogP contribution is 2.30. The molecule has 2 atom stereocenters. The Bertz CT molecular complexity index is 261. The maximum absolute atomic E-state index is 10.6. The lowest BCUT2D eigenvalue weighted by atomic mass is 9.76. The van der Waals surface area contributed by atoms with Crippen LogP contribution in [-0.4, -0.2) is 11.7 Å². The molecule has 0 heterocycles. The first-order chi connectivity index (χ1) is 7.00. The zero-order chi connectivity index (χ0) is 11.4. The molecule has 4 nitrogen and oxygen atoms in total. The minimum absolute atomic E-state index is 0.494. The molecule has 15 heavy (non-hydrogen) atoms. The number of carbonyl (C=O) groups excluding carboxylic acids is 1. The summed E-state index contributed by atoms with van der Waals surface area (Å²) in [7, 11) is 0. The van der Waals surface area contributed by atoms with Crippen molar-refractivity contribution in [2.45, 2.75) is 40.0 Å². The van der Waals surface area contributed by atoms with Crippen LogP contribution in [0.15, 0.2) is 5.10 Å². The van der Waals surface area contributed by atoms with Gasteiger partial charge in [0, 0.05) is 11.6 Å². The summed E-state index contributed by atoms with van der Waals surface area (Å²) in [5, 5.41) is 4.13. The molecule has 3 N–H and O–H groups in total. The number of nitrogens with one attached hydrogen (secondary N) is 1. The lowest BCUT2D eigenvalue weighted by molar-refractivity contribution is 0.249. The second-order valence-electron chi connectivity index (χ2n) is 4.82. The summed E-state index contributed by atoms with van der Waals surface area (Å²) in [6.45, 7) is 6.61. The highest BCUT2D eigenvalue weighted by atomic mass is 16.2. The number of primary amides is 1. The SMILES string of the molecule is CC(C)[C@H]1CC[C@@H](C)CC1=NNC(N)=O.